The van der Waals surface area contributed by atoms with Crippen LogP contribution in [0, 0.1) is 5.82 Å². The van der Waals surface area contributed by atoms with Gasteiger partial charge in [-0.2, -0.15) is 0 Å². The summed E-state index contributed by atoms with van der Waals surface area (Å²) in [4.78, 5) is 0. The van der Waals surface area contributed by atoms with E-state index < -0.39 is 0 Å². The molecule has 1 heterocycles. The van der Waals surface area contributed by atoms with Gasteiger partial charge >= 0.3 is 0 Å². The molecule has 0 aliphatic heterocycles. The number of hydrogen-bond acceptors (Lipinski definition) is 3. The molecule has 0 aliphatic carbocycles. The summed E-state index contributed by atoms with van der Waals surface area (Å²) in [6, 6.07) is 13.1. The topological polar surface area (TPSA) is 46.3 Å². The smallest absolute Gasteiger partial charge is 0.173 e. The van der Waals surface area contributed by atoms with E-state index in [1.807, 2.05) is 6.07 Å². The molecular weight excluding hydrogens is 293 g/mol. The van der Waals surface area contributed by atoms with Crippen LogP contribution in [0.4, 0.5) is 4.39 Å². The molecule has 0 fully saturated rings. The Hall–Kier alpha value is -2.17. The van der Waals surface area contributed by atoms with E-state index in [1.54, 1.807) is 30.3 Å². The van der Waals surface area contributed by atoms with Crippen LogP contribution in [0.1, 0.15) is 5.56 Å². The fourth-order valence-electron chi connectivity index (χ4n) is 2.18. The van der Waals surface area contributed by atoms with Gasteiger partial charge < -0.3 is 9.63 Å². The van der Waals surface area contributed by atoms with E-state index in [2.05, 4.69) is 5.16 Å². The van der Waals surface area contributed by atoms with Gasteiger partial charge in [-0.15, -0.1) is 0 Å². The summed E-state index contributed by atoms with van der Waals surface area (Å²) in [6.45, 7) is -0.282. The van der Waals surface area contributed by atoms with Crippen LogP contribution in [0.2, 0.25) is 5.02 Å². The number of rotatable bonds is 3. The molecular formula is C16H11ClFNO2. The van der Waals surface area contributed by atoms with Gasteiger partial charge in [0, 0.05) is 11.1 Å². The summed E-state index contributed by atoms with van der Waals surface area (Å²) in [5.41, 5.74) is 2.12. The first kappa shape index (κ1) is 13.8. The lowest BCUT2D eigenvalue weighted by molar-refractivity contribution is 0.281. The number of hydrogen-bond donors (Lipinski definition) is 1. The molecule has 0 amide bonds. The third-order valence-electron chi connectivity index (χ3n) is 3.16. The molecule has 0 bridgehead atoms. The second-order valence-electron chi connectivity index (χ2n) is 4.49. The highest BCUT2D eigenvalue weighted by Gasteiger charge is 2.20. The molecule has 0 aliphatic rings. The van der Waals surface area contributed by atoms with E-state index in [4.69, 9.17) is 16.1 Å². The van der Waals surface area contributed by atoms with E-state index in [0.717, 1.165) is 0 Å². The van der Waals surface area contributed by atoms with Crippen molar-refractivity contribution in [1.29, 1.82) is 0 Å². The average Bonchev–Trinajstić information content (AvgIpc) is 2.91. The molecule has 21 heavy (non-hydrogen) atoms. The van der Waals surface area contributed by atoms with Crippen molar-refractivity contribution in [2.75, 3.05) is 0 Å². The zero-order chi connectivity index (χ0) is 14.8. The Morgan fingerprint density at radius 1 is 1.14 bits per heavy atom. The van der Waals surface area contributed by atoms with E-state index >= 15 is 0 Å². The van der Waals surface area contributed by atoms with Crippen molar-refractivity contribution in [2.24, 2.45) is 0 Å². The summed E-state index contributed by atoms with van der Waals surface area (Å²) >= 11 is 6.14. The molecule has 3 rings (SSSR count). The number of aromatic nitrogens is 1. The lowest BCUT2D eigenvalue weighted by Gasteiger charge is -2.03. The lowest BCUT2D eigenvalue weighted by Crippen LogP contribution is -1.90. The first-order chi connectivity index (χ1) is 10.2. The van der Waals surface area contributed by atoms with Crippen LogP contribution in [0.25, 0.3) is 22.6 Å². The van der Waals surface area contributed by atoms with Gasteiger partial charge in [0.05, 0.1) is 17.2 Å². The summed E-state index contributed by atoms with van der Waals surface area (Å²) in [6.07, 6.45) is 0. The molecule has 0 radical (unpaired) electrons. The largest absolute Gasteiger partial charge is 0.391 e. The summed E-state index contributed by atoms with van der Waals surface area (Å²) in [5, 5.41) is 14.1. The van der Waals surface area contributed by atoms with Crippen LogP contribution < -0.4 is 0 Å². The molecule has 3 aromatic rings. The molecule has 0 saturated heterocycles. The Balaban J connectivity index is 2.16. The van der Waals surface area contributed by atoms with Gasteiger partial charge in [-0.25, -0.2) is 4.39 Å². The zero-order valence-corrected chi connectivity index (χ0v) is 11.6. The van der Waals surface area contributed by atoms with Crippen molar-refractivity contribution in [3.63, 3.8) is 0 Å². The minimum absolute atomic E-state index is 0.282. The van der Waals surface area contributed by atoms with E-state index in [1.165, 1.54) is 12.1 Å². The molecule has 1 aromatic heterocycles. The maximum Gasteiger partial charge on any atom is 0.173 e. The number of halogens is 2. The predicted molar refractivity (Wildman–Crippen MR) is 78.3 cm³/mol. The second-order valence-corrected chi connectivity index (χ2v) is 4.89. The normalized spacial score (nSPS) is 10.8. The van der Waals surface area contributed by atoms with Gasteiger partial charge in [0.1, 0.15) is 11.5 Å². The standard InChI is InChI=1S/C16H11ClFNO2/c17-14-7-2-1-6-12(14)15-13(9-20)16(21-19-15)10-4-3-5-11(18)8-10/h1-8,20H,9H2. The Bertz CT molecular complexity index is 785. The molecule has 0 spiro atoms. The maximum atomic E-state index is 13.3. The first-order valence-corrected chi connectivity index (χ1v) is 6.68. The Morgan fingerprint density at radius 2 is 1.95 bits per heavy atom. The fourth-order valence-corrected chi connectivity index (χ4v) is 2.40. The molecule has 0 saturated carbocycles. The zero-order valence-electron chi connectivity index (χ0n) is 10.9. The third-order valence-corrected chi connectivity index (χ3v) is 3.49. The van der Waals surface area contributed by atoms with Crippen molar-refractivity contribution >= 4 is 11.6 Å². The third kappa shape index (κ3) is 2.55. The highest BCUT2D eigenvalue weighted by molar-refractivity contribution is 6.33. The van der Waals surface area contributed by atoms with Crippen LogP contribution in [0.5, 0.6) is 0 Å². The molecule has 106 valence electrons. The van der Waals surface area contributed by atoms with Crippen LogP contribution in [-0.4, -0.2) is 10.3 Å². The number of aliphatic hydroxyl groups is 1. The monoisotopic (exact) mass is 303 g/mol. The molecule has 2 aromatic carbocycles. The van der Waals surface area contributed by atoms with Crippen molar-refractivity contribution in [1.82, 2.24) is 5.16 Å². The fraction of sp³-hybridized carbons (Fsp3) is 0.0625. The van der Waals surface area contributed by atoms with Crippen molar-refractivity contribution in [3.8, 4) is 22.6 Å². The first-order valence-electron chi connectivity index (χ1n) is 6.31. The highest BCUT2D eigenvalue weighted by atomic mass is 35.5. The molecule has 0 unspecified atom stereocenters. The van der Waals surface area contributed by atoms with Crippen LogP contribution in [-0.2, 0) is 6.61 Å². The summed E-state index contributed by atoms with van der Waals surface area (Å²) < 4.78 is 18.6. The minimum Gasteiger partial charge on any atom is -0.391 e. The predicted octanol–water partition coefficient (Wildman–Crippen LogP) is 4.29. The van der Waals surface area contributed by atoms with Crippen molar-refractivity contribution < 1.29 is 14.0 Å². The summed E-state index contributed by atoms with van der Waals surface area (Å²) in [7, 11) is 0. The van der Waals surface area contributed by atoms with Crippen LogP contribution in [0.15, 0.2) is 53.1 Å². The van der Waals surface area contributed by atoms with Crippen molar-refractivity contribution in [3.05, 3.63) is 64.9 Å². The van der Waals surface area contributed by atoms with E-state index in [-0.39, 0.29) is 12.4 Å². The van der Waals surface area contributed by atoms with Gasteiger partial charge in [0.25, 0.3) is 0 Å². The van der Waals surface area contributed by atoms with Gasteiger partial charge in [-0.1, -0.05) is 47.1 Å². The SMILES string of the molecule is OCc1c(-c2ccccc2Cl)noc1-c1cccc(F)c1. The maximum absolute atomic E-state index is 13.3. The molecule has 3 nitrogen and oxygen atoms in total. The Labute approximate surface area is 125 Å². The van der Waals surface area contributed by atoms with Gasteiger partial charge in [-0.3, -0.25) is 0 Å². The van der Waals surface area contributed by atoms with E-state index in [9.17, 15) is 9.50 Å². The number of benzene rings is 2. The van der Waals surface area contributed by atoms with Crippen LogP contribution in [0.3, 0.4) is 0 Å². The Kier molecular flexibility index (Phi) is 3.73. The second kappa shape index (κ2) is 5.68. The quantitative estimate of drug-likeness (QED) is 0.785. The van der Waals surface area contributed by atoms with Gasteiger partial charge in [0.15, 0.2) is 5.76 Å². The minimum atomic E-state index is -0.382. The van der Waals surface area contributed by atoms with Crippen LogP contribution >= 0.6 is 11.6 Å². The molecule has 0 atom stereocenters. The van der Waals surface area contributed by atoms with Crippen molar-refractivity contribution in [2.45, 2.75) is 6.61 Å². The highest BCUT2D eigenvalue weighted by Crippen LogP contribution is 2.35. The average molecular weight is 304 g/mol. The van der Waals surface area contributed by atoms with Gasteiger partial charge in [-0.05, 0) is 18.2 Å². The Morgan fingerprint density at radius 3 is 2.67 bits per heavy atom. The number of nitrogens with zero attached hydrogens (tertiary/aromatic N) is 1. The lowest BCUT2D eigenvalue weighted by atomic mass is 10.0. The molecule has 1 N–H and O–H groups in total. The molecule has 5 heteroatoms. The number of aliphatic hydroxyl groups excluding tert-OH is 1. The van der Waals surface area contributed by atoms with E-state index in [0.29, 0.717) is 33.2 Å². The summed E-state index contributed by atoms with van der Waals surface area (Å²) in [5.74, 6) is -0.0426. The van der Waals surface area contributed by atoms with Gasteiger partial charge in [0.2, 0.25) is 0 Å².